The molecule has 0 bridgehead atoms. The highest BCUT2D eigenvalue weighted by atomic mass is 16.5. The average molecular weight is 349 g/mol. The van der Waals surface area contributed by atoms with Crippen molar-refractivity contribution < 1.29 is 14.3 Å². The summed E-state index contributed by atoms with van der Waals surface area (Å²) in [5, 5.41) is 2.84. The second kappa shape index (κ2) is 8.48. The molecular formula is C22H23NO3. The van der Waals surface area contributed by atoms with Gasteiger partial charge in [-0.3, -0.25) is 9.59 Å². The van der Waals surface area contributed by atoms with Crippen molar-refractivity contribution in [1.29, 1.82) is 0 Å². The third-order valence-corrected chi connectivity index (χ3v) is 4.45. The van der Waals surface area contributed by atoms with Gasteiger partial charge in [-0.2, -0.15) is 0 Å². The average Bonchev–Trinajstić information content (AvgIpc) is 3.15. The first-order chi connectivity index (χ1) is 12.6. The summed E-state index contributed by atoms with van der Waals surface area (Å²) in [7, 11) is 0. The van der Waals surface area contributed by atoms with E-state index in [0.717, 1.165) is 18.4 Å². The number of esters is 1. The zero-order valence-corrected chi connectivity index (χ0v) is 14.9. The lowest BCUT2D eigenvalue weighted by molar-refractivity contribution is -0.155. The van der Waals surface area contributed by atoms with E-state index in [1.54, 1.807) is 12.1 Å². The molecule has 0 spiro atoms. The van der Waals surface area contributed by atoms with E-state index >= 15 is 0 Å². The topological polar surface area (TPSA) is 55.4 Å². The molecule has 0 radical (unpaired) electrons. The highest BCUT2D eigenvalue weighted by Gasteiger charge is 2.26. The third kappa shape index (κ3) is 4.82. The lowest BCUT2D eigenvalue weighted by atomic mass is 10.1. The molecule has 134 valence electrons. The molecule has 0 saturated heterocycles. The number of carbonyl (C=O) groups excluding carboxylic acids is 2. The molecule has 4 nitrogen and oxygen atoms in total. The minimum atomic E-state index is -0.963. The molecule has 2 aromatic carbocycles. The first-order valence-corrected chi connectivity index (χ1v) is 8.90. The second-order valence-electron chi connectivity index (χ2n) is 6.61. The van der Waals surface area contributed by atoms with Crippen molar-refractivity contribution in [2.45, 2.75) is 32.3 Å². The predicted octanol–water partition coefficient (Wildman–Crippen LogP) is 4.57. The molecule has 26 heavy (non-hydrogen) atoms. The maximum Gasteiger partial charge on any atom is 0.307 e. The van der Waals surface area contributed by atoms with Gasteiger partial charge < -0.3 is 10.1 Å². The van der Waals surface area contributed by atoms with Crippen molar-refractivity contribution in [3.05, 3.63) is 77.9 Å². The molecule has 1 aliphatic carbocycles. The quantitative estimate of drug-likeness (QED) is 0.614. The number of nitrogens with one attached hydrogen (secondary N) is 1. The van der Waals surface area contributed by atoms with Crippen LogP contribution in [-0.2, 0) is 14.3 Å². The molecular weight excluding hydrogens is 326 g/mol. The van der Waals surface area contributed by atoms with Crippen LogP contribution in [0.25, 0.3) is 0 Å². The number of benzene rings is 2. The lowest BCUT2D eigenvalue weighted by Gasteiger charge is -2.19. The number of anilines is 1. The van der Waals surface area contributed by atoms with Crippen molar-refractivity contribution in [3.63, 3.8) is 0 Å². The van der Waals surface area contributed by atoms with Gasteiger partial charge in [0.15, 0.2) is 0 Å². The van der Waals surface area contributed by atoms with E-state index in [4.69, 9.17) is 4.74 Å². The molecule has 2 atom stereocenters. The highest BCUT2D eigenvalue weighted by Crippen LogP contribution is 2.25. The lowest BCUT2D eigenvalue weighted by Crippen LogP contribution is -2.26. The molecule has 1 aliphatic rings. The second-order valence-corrected chi connectivity index (χ2v) is 6.61. The Morgan fingerprint density at radius 2 is 1.85 bits per heavy atom. The van der Waals surface area contributed by atoms with Crippen LogP contribution in [0.1, 0.15) is 36.5 Å². The Labute approximate surface area is 153 Å². The Morgan fingerprint density at radius 1 is 1.12 bits per heavy atom. The zero-order valence-electron chi connectivity index (χ0n) is 14.9. The molecule has 0 aliphatic heterocycles. The van der Waals surface area contributed by atoms with Gasteiger partial charge in [-0.25, -0.2) is 0 Å². The standard InChI is InChI=1S/C22H23NO3/c1-16-11-13-19(14-12-16)23-22(25)21(18-9-3-2-4-10-18)26-20(24)15-17-7-5-6-8-17/h2-5,7,9-14,17,21H,6,8,15H2,1H3,(H,23,25)/t17-,21-/m1/s1. The number of carbonyl (C=O) groups is 2. The van der Waals surface area contributed by atoms with E-state index in [-0.39, 0.29) is 17.8 Å². The fourth-order valence-electron chi connectivity index (χ4n) is 3.00. The Bertz CT molecular complexity index is 781. The zero-order chi connectivity index (χ0) is 18.4. The van der Waals surface area contributed by atoms with Crippen molar-refractivity contribution in [2.75, 3.05) is 5.32 Å². The van der Waals surface area contributed by atoms with Gasteiger partial charge in [0.25, 0.3) is 5.91 Å². The van der Waals surface area contributed by atoms with Crippen LogP contribution >= 0.6 is 0 Å². The van der Waals surface area contributed by atoms with Gasteiger partial charge >= 0.3 is 5.97 Å². The minimum Gasteiger partial charge on any atom is -0.447 e. The van der Waals surface area contributed by atoms with Crippen molar-refractivity contribution in [3.8, 4) is 0 Å². The largest absolute Gasteiger partial charge is 0.447 e. The van der Waals surface area contributed by atoms with Gasteiger partial charge in [-0.15, -0.1) is 0 Å². The summed E-state index contributed by atoms with van der Waals surface area (Å²) in [4.78, 5) is 25.1. The monoisotopic (exact) mass is 349 g/mol. The summed E-state index contributed by atoms with van der Waals surface area (Å²) < 4.78 is 5.57. The molecule has 2 aromatic rings. The van der Waals surface area contributed by atoms with Crippen LogP contribution in [0.15, 0.2) is 66.7 Å². The Morgan fingerprint density at radius 3 is 2.50 bits per heavy atom. The first kappa shape index (κ1) is 17.9. The molecule has 0 fully saturated rings. The molecule has 1 N–H and O–H groups in total. The third-order valence-electron chi connectivity index (χ3n) is 4.45. The smallest absolute Gasteiger partial charge is 0.307 e. The van der Waals surface area contributed by atoms with Crippen LogP contribution in [0.3, 0.4) is 0 Å². The Balaban J connectivity index is 1.72. The van der Waals surface area contributed by atoms with Gasteiger partial charge in [0, 0.05) is 11.3 Å². The molecule has 0 saturated carbocycles. The minimum absolute atomic E-state index is 0.207. The number of rotatable bonds is 6. The molecule has 1 amide bonds. The van der Waals surface area contributed by atoms with Crippen LogP contribution in [0, 0.1) is 12.8 Å². The van der Waals surface area contributed by atoms with E-state index < -0.39 is 6.10 Å². The Hall–Kier alpha value is -2.88. The molecule has 4 heteroatoms. The highest BCUT2D eigenvalue weighted by molar-refractivity contribution is 5.96. The van der Waals surface area contributed by atoms with Crippen LogP contribution in [0.4, 0.5) is 5.69 Å². The fourth-order valence-corrected chi connectivity index (χ4v) is 3.00. The van der Waals surface area contributed by atoms with E-state index in [1.807, 2.05) is 55.5 Å². The van der Waals surface area contributed by atoms with Gasteiger partial charge in [0.2, 0.25) is 6.10 Å². The van der Waals surface area contributed by atoms with E-state index in [9.17, 15) is 9.59 Å². The normalized spacial score (nSPS) is 16.9. The van der Waals surface area contributed by atoms with Crippen LogP contribution in [0.5, 0.6) is 0 Å². The number of hydrogen-bond acceptors (Lipinski definition) is 3. The van der Waals surface area contributed by atoms with Gasteiger partial charge in [0.1, 0.15) is 0 Å². The number of amides is 1. The van der Waals surface area contributed by atoms with Crippen LogP contribution in [0.2, 0.25) is 0 Å². The first-order valence-electron chi connectivity index (χ1n) is 8.90. The van der Waals surface area contributed by atoms with Crippen molar-refractivity contribution >= 4 is 17.6 Å². The number of aryl methyl sites for hydroxylation is 1. The maximum absolute atomic E-state index is 12.8. The summed E-state index contributed by atoms with van der Waals surface area (Å²) in [6.45, 7) is 1.98. The maximum atomic E-state index is 12.8. The predicted molar refractivity (Wildman–Crippen MR) is 102 cm³/mol. The van der Waals surface area contributed by atoms with Gasteiger partial charge in [-0.1, -0.05) is 60.2 Å². The fraction of sp³-hybridized carbons (Fsp3) is 0.273. The number of allylic oxidation sites excluding steroid dienone is 2. The van der Waals surface area contributed by atoms with E-state index in [2.05, 4.69) is 11.4 Å². The van der Waals surface area contributed by atoms with Gasteiger partial charge in [0.05, 0.1) is 6.42 Å². The summed E-state index contributed by atoms with van der Waals surface area (Å²) in [5.41, 5.74) is 2.45. The molecule has 0 aromatic heterocycles. The van der Waals surface area contributed by atoms with Crippen LogP contribution < -0.4 is 5.32 Å². The van der Waals surface area contributed by atoms with Gasteiger partial charge in [-0.05, 0) is 37.8 Å². The number of hydrogen-bond donors (Lipinski definition) is 1. The molecule has 3 rings (SSSR count). The number of ether oxygens (including phenoxy) is 1. The van der Waals surface area contributed by atoms with E-state index in [0.29, 0.717) is 17.7 Å². The molecule has 0 unspecified atom stereocenters. The summed E-state index contributed by atoms with van der Waals surface area (Å²) >= 11 is 0. The van der Waals surface area contributed by atoms with Crippen molar-refractivity contribution in [2.24, 2.45) is 5.92 Å². The summed E-state index contributed by atoms with van der Waals surface area (Å²) in [6.07, 6.45) is 5.42. The summed E-state index contributed by atoms with van der Waals surface area (Å²) in [5.74, 6) is -0.496. The molecule has 0 heterocycles. The van der Waals surface area contributed by atoms with Crippen LogP contribution in [-0.4, -0.2) is 11.9 Å². The summed E-state index contributed by atoms with van der Waals surface area (Å²) in [6, 6.07) is 16.6. The Kier molecular flexibility index (Phi) is 5.84. The van der Waals surface area contributed by atoms with Crippen molar-refractivity contribution in [1.82, 2.24) is 0 Å². The van der Waals surface area contributed by atoms with E-state index in [1.165, 1.54) is 0 Å². The SMILES string of the molecule is Cc1ccc(NC(=O)[C@H](OC(=O)C[C@@H]2C=CCC2)c2ccccc2)cc1.